The Morgan fingerprint density at radius 1 is 1.00 bits per heavy atom. The third-order valence-electron chi connectivity index (χ3n) is 6.30. The number of likely N-dealkylation sites (tertiary alicyclic amines) is 1. The van der Waals surface area contributed by atoms with Crippen molar-refractivity contribution < 1.29 is 4.79 Å². The highest BCUT2D eigenvalue weighted by Gasteiger charge is 2.38. The molecule has 2 atom stereocenters. The Kier molecular flexibility index (Phi) is 4.18. The Morgan fingerprint density at radius 3 is 2.73 bits per heavy atom. The molecule has 150 valence electrons. The topological polar surface area (TPSA) is 42.3 Å². The Balaban J connectivity index is 1.44. The SMILES string of the molecule is O=C(c1cccs1)N1C[C@@H]2C[C@@H](C1)c1c(-c3cc4ccccc4s3)ccc(=O)n1C2. The van der Waals surface area contributed by atoms with Gasteiger partial charge in [-0.05, 0) is 47.4 Å². The quantitative estimate of drug-likeness (QED) is 0.445. The van der Waals surface area contributed by atoms with Crippen LogP contribution in [0.1, 0.15) is 27.7 Å². The highest BCUT2D eigenvalue weighted by Crippen LogP contribution is 2.43. The molecular formula is C24H20N2O2S2. The molecule has 6 rings (SSSR count). The van der Waals surface area contributed by atoms with E-state index in [1.54, 1.807) is 17.4 Å². The number of aromatic nitrogens is 1. The van der Waals surface area contributed by atoms with E-state index in [1.807, 2.05) is 33.0 Å². The van der Waals surface area contributed by atoms with E-state index < -0.39 is 0 Å². The lowest BCUT2D eigenvalue weighted by atomic mass is 9.81. The molecule has 0 N–H and O–H groups in total. The molecule has 6 heteroatoms. The second kappa shape index (κ2) is 6.93. The summed E-state index contributed by atoms with van der Waals surface area (Å²) in [5.41, 5.74) is 2.32. The van der Waals surface area contributed by atoms with Crippen LogP contribution in [0.3, 0.4) is 0 Å². The summed E-state index contributed by atoms with van der Waals surface area (Å²) >= 11 is 3.27. The van der Waals surface area contributed by atoms with Gasteiger partial charge in [0, 0.05) is 52.5 Å². The number of pyridine rings is 1. The summed E-state index contributed by atoms with van der Waals surface area (Å²) in [5, 5.41) is 3.18. The molecule has 4 aromatic rings. The molecule has 2 aliphatic rings. The third-order valence-corrected chi connectivity index (χ3v) is 8.31. The van der Waals surface area contributed by atoms with Crippen LogP contribution >= 0.6 is 22.7 Å². The number of hydrogen-bond acceptors (Lipinski definition) is 4. The molecular weight excluding hydrogens is 412 g/mol. The van der Waals surface area contributed by atoms with Crippen LogP contribution in [0.4, 0.5) is 0 Å². The predicted octanol–water partition coefficient (Wildman–Crippen LogP) is 5.05. The average Bonchev–Trinajstić information content (AvgIpc) is 3.43. The molecule has 1 amide bonds. The smallest absolute Gasteiger partial charge is 0.263 e. The number of carbonyl (C=O) groups excluding carboxylic acids is 1. The summed E-state index contributed by atoms with van der Waals surface area (Å²) in [4.78, 5) is 29.7. The van der Waals surface area contributed by atoms with E-state index in [0.29, 0.717) is 19.0 Å². The maximum absolute atomic E-state index is 13.0. The normalized spacial score (nSPS) is 20.3. The van der Waals surface area contributed by atoms with Crippen molar-refractivity contribution >= 4 is 38.7 Å². The zero-order chi connectivity index (χ0) is 20.2. The zero-order valence-electron chi connectivity index (χ0n) is 16.3. The minimum absolute atomic E-state index is 0.0718. The van der Waals surface area contributed by atoms with Crippen LogP contribution in [0.15, 0.2) is 64.8 Å². The minimum atomic E-state index is 0.0718. The molecule has 0 unspecified atom stereocenters. The summed E-state index contributed by atoms with van der Waals surface area (Å²) in [7, 11) is 0. The number of benzene rings is 1. The number of hydrogen-bond donors (Lipinski definition) is 0. The standard InChI is InChI=1S/C24H20N2O2S2/c27-22-8-7-18(21-11-16-4-1-2-5-19(16)30-21)23-17-10-15(13-26(22)23)12-25(14-17)24(28)20-6-3-9-29-20/h1-9,11,15,17H,10,12-14H2/t15-,17-/m0/s1. The zero-order valence-corrected chi connectivity index (χ0v) is 17.9. The van der Waals surface area contributed by atoms with Crippen molar-refractivity contribution in [3.8, 4) is 10.4 Å². The number of rotatable bonds is 2. The van der Waals surface area contributed by atoms with Gasteiger partial charge >= 0.3 is 0 Å². The van der Waals surface area contributed by atoms with Crippen LogP contribution in [0.25, 0.3) is 20.5 Å². The van der Waals surface area contributed by atoms with Crippen LogP contribution in [0.2, 0.25) is 0 Å². The predicted molar refractivity (Wildman–Crippen MR) is 123 cm³/mol. The van der Waals surface area contributed by atoms with Gasteiger partial charge in [-0.2, -0.15) is 0 Å². The Morgan fingerprint density at radius 2 is 1.90 bits per heavy atom. The highest BCUT2D eigenvalue weighted by atomic mass is 32.1. The van der Waals surface area contributed by atoms with Gasteiger partial charge in [0.05, 0.1) is 4.88 Å². The summed E-state index contributed by atoms with van der Waals surface area (Å²) < 4.78 is 3.23. The van der Waals surface area contributed by atoms with Gasteiger partial charge in [0.2, 0.25) is 0 Å². The lowest BCUT2D eigenvalue weighted by molar-refractivity contribution is 0.0600. The number of carbonyl (C=O) groups is 1. The van der Waals surface area contributed by atoms with Gasteiger partial charge in [-0.15, -0.1) is 22.7 Å². The molecule has 0 aliphatic carbocycles. The number of fused-ring (bicyclic) bond motifs is 5. The molecule has 0 radical (unpaired) electrons. The van der Waals surface area contributed by atoms with Gasteiger partial charge in [0.15, 0.2) is 0 Å². The van der Waals surface area contributed by atoms with Crippen molar-refractivity contribution in [3.05, 3.63) is 80.9 Å². The van der Waals surface area contributed by atoms with Crippen molar-refractivity contribution in [3.63, 3.8) is 0 Å². The van der Waals surface area contributed by atoms with E-state index in [4.69, 9.17) is 0 Å². The number of nitrogens with zero attached hydrogens (tertiary/aromatic N) is 2. The number of thiophene rings is 2. The molecule has 3 aromatic heterocycles. The fourth-order valence-corrected chi connectivity index (χ4v) is 6.85. The van der Waals surface area contributed by atoms with Gasteiger partial charge in [0.1, 0.15) is 0 Å². The second-order valence-electron chi connectivity index (χ2n) is 8.22. The molecule has 0 spiro atoms. The van der Waals surface area contributed by atoms with E-state index in [9.17, 15) is 9.59 Å². The molecule has 0 saturated carbocycles. The average molecular weight is 433 g/mol. The lowest BCUT2D eigenvalue weighted by Crippen LogP contribution is -2.49. The molecule has 4 nitrogen and oxygen atoms in total. The highest BCUT2D eigenvalue weighted by molar-refractivity contribution is 7.22. The molecule has 2 bridgehead atoms. The first-order valence-electron chi connectivity index (χ1n) is 10.2. The maximum Gasteiger partial charge on any atom is 0.263 e. The van der Waals surface area contributed by atoms with E-state index >= 15 is 0 Å². The van der Waals surface area contributed by atoms with Crippen molar-refractivity contribution in [2.75, 3.05) is 13.1 Å². The lowest BCUT2D eigenvalue weighted by Gasteiger charge is -2.43. The molecule has 1 aromatic carbocycles. The maximum atomic E-state index is 13.0. The molecule has 5 heterocycles. The van der Waals surface area contributed by atoms with E-state index in [2.05, 4.69) is 30.3 Å². The molecule has 2 aliphatic heterocycles. The van der Waals surface area contributed by atoms with Crippen molar-refractivity contribution in [2.45, 2.75) is 18.9 Å². The largest absolute Gasteiger partial charge is 0.337 e. The van der Waals surface area contributed by atoms with Gasteiger partial charge in [0.25, 0.3) is 11.5 Å². The van der Waals surface area contributed by atoms with Crippen LogP contribution in [0.5, 0.6) is 0 Å². The van der Waals surface area contributed by atoms with Crippen LogP contribution in [-0.4, -0.2) is 28.5 Å². The molecule has 1 saturated heterocycles. The third kappa shape index (κ3) is 2.86. The van der Waals surface area contributed by atoms with Crippen LogP contribution in [0, 0.1) is 5.92 Å². The fourth-order valence-electron chi connectivity index (χ4n) is 5.06. The summed E-state index contributed by atoms with van der Waals surface area (Å²) in [6.45, 7) is 2.10. The van der Waals surface area contributed by atoms with Crippen LogP contribution < -0.4 is 5.56 Å². The van der Waals surface area contributed by atoms with E-state index in [-0.39, 0.29) is 17.4 Å². The second-order valence-corrected chi connectivity index (χ2v) is 10.2. The first-order chi connectivity index (χ1) is 14.7. The van der Waals surface area contributed by atoms with Crippen LogP contribution in [-0.2, 0) is 6.54 Å². The summed E-state index contributed by atoms with van der Waals surface area (Å²) in [6, 6.07) is 18.1. The monoisotopic (exact) mass is 432 g/mol. The first kappa shape index (κ1) is 18.1. The molecule has 1 fully saturated rings. The number of piperidine rings is 1. The summed E-state index contributed by atoms with van der Waals surface area (Å²) in [5.74, 6) is 0.640. The Bertz CT molecular complexity index is 1290. The Labute approximate surface area is 182 Å². The van der Waals surface area contributed by atoms with Gasteiger partial charge in [-0.1, -0.05) is 24.3 Å². The minimum Gasteiger partial charge on any atom is -0.337 e. The van der Waals surface area contributed by atoms with Crippen molar-refractivity contribution in [2.24, 2.45) is 5.92 Å². The first-order valence-corrected chi connectivity index (χ1v) is 11.9. The summed E-state index contributed by atoms with van der Waals surface area (Å²) in [6.07, 6.45) is 1.04. The van der Waals surface area contributed by atoms with Crippen molar-refractivity contribution in [1.29, 1.82) is 0 Å². The Hall–Kier alpha value is -2.70. The van der Waals surface area contributed by atoms with Gasteiger partial charge < -0.3 is 9.47 Å². The van der Waals surface area contributed by atoms with E-state index in [0.717, 1.165) is 29.1 Å². The van der Waals surface area contributed by atoms with Gasteiger partial charge in [-0.25, -0.2) is 0 Å². The van der Waals surface area contributed by atoms with Crippen molar-refractivity contribution in [1.82, 2.24) is 9.47 Å². The fraction of sp³-hybridized carbons (Fsp3) is 0.250. The van der Waals surface area contributed by atoms with E-state index in [1.165, 1.54) is 26.3 Å². The molecule has 30 heavy (non-hydrogen) atoms. The number of amides is 1. The van der Waals surface area contributed by atoms with Gasteiger partial charge in [-0.3, -0.25) is 9.59 Å².